The minimum Gasteiger partial charge on any atom is -0.488 e. The van der Waals surface area contributed by atoms with E-state index in [1.807, 2.05) is 20.8 Å². The second-order valence-electron chi connectivity index (χ2n) is 10.4. The highest BCUT2D eigenvalue weighted by Gasteiger charge is 2.35. The fourth-order valence-corrected chi connectivity index (χ4v) is 5.97. The molecule has 3 amide bonds. The Bertz CT molecular complexity index is 1270. The van der Waals surface area contributed by atoms with Crippen LogP contribution in [0, 0.1) is 19.8 Å². The molecule has 0 fully saturated rings. The van der Waals surface area contributed by atoms with Gasteiger partial charge in [-0.3, -0.25) is 4.79 Å². The minimum absolute atomic E-state index is 0.0146. The van der Waals surface area contributed by atoms with E-state index in [0.29, 0.717) is 17.0 Å². The Balaban J connectivity index is 1.97. The predicted molar refractivity (Wildman–Crippen MR) is 145 cm³/mol. The van der Waals surface area contributed by atoms with Crippen LogP contribution in [0.5, 0.6) is 5.75 Å². The quantitative estimate of drug-likeness (QED) is 0.441. The number of aromatic nitrogens is 1. The van der Waals surface area contributed by atoms with Crippen LogP contribution in [0.1, 0.15) is 44.7 Å². The van der Waals surface area contributed by atoms with Gasteiger partial charge in [-0.1, -0.05) is 12.1 Å². The molecule has 0 saturated heterocycles. The van der Waals surface area contributed by atoms with Gasteiger partial charge in [0.05, 0.1) is 25.6 Å². The fraction of sp³-hybridized carbons (Fsp3) is 0.577. The lowest BCUT2D eigenvalue weighted by atomic mass is 10.0. The molecule has 1 aliphatic rings. The summed E-state index contributed by atoms with van der Waals surface area (Å²) in [6, 6.07) is 4.11. The first-order valence-corrected chi connectivity index (χ1v) is 14.3. The molecule has 3 N–H and O–H groups in total. The van der Waals surface area contributed by atoms with Gasteiger partial charge < -0.3 is 29.9 Å². The van der Waals surface area contributed by atoms with Crippen molar-refractivity contribution in [3.63, 3.8) is 0 Å². The molecule has 0 aliphatic carbocycles. The highest BCUT2D eigenvalue weighted by molar-refractivity contribution is 7.89. The van der Waals surface area contributed by atoms with E-state index in [2.05, 4.69) is 15.8 Å². The molecule has 13 heteroatoms. The lowest BCUT2D eigenvalue weighted by Gasteiger charge is -2.33. The topological polar surface area (TPSA) is 154 Å². The molecular weight excluding hydrogens is 526 g/mol. The summed E-state index contributed by atoms with van der Waals surface area (Å²) in [6.07, 6.45) is -0.667. The molecule has 1 aliphatic heterocycles. The van der Waals surface area contributed by atoms with Crippen molar-refractivity contribution >= 4 is 27.6 Å². The molecular formula is C26H39N5O7S. The molecule has 2 aromatic rings. The van der Waals surface area contributed by atoms with Gasteiger partial charge in [-0.25, -0.2) is 13.2 Å². The van der Waals surface area contributed by atoms with E-state index >= 15 is 0 Å². The Hall–Kier alpha value is -3.16. The number of rotatable bonds is 8. The molecule has 3 rings (SSSR count). The number of urea groups is 1. The number of aliphatic hydroxyl groups is 1. The number of sulfonamides is 1. The zero-order valence-corrected chi connectivity index (χ0v) is 24.3. The number of hydrogen-bond donors (Lipinski definition) is 3. The van der Waals surface area contributed by atoms with Crippen molar-refractivity contribution in [1.82, 2.24) is 19.7 Å². The van der Waals surface area contributed by atoms with E-state index in [-0.39, 0.29) is 66.4 Å². The third kappa shape index (κ3) is 7.08. The van der Waals surface area contributed by atoms with Crippen LogP contribution in [0.4, 0.5) is 10.5 Å². The Morgan fingerprint density at radius 1 is 1.28 bits per heavy atom. The number of nitrogens with one attached hydrogen (secondary N) is 2. The van der Waals surface area contributed by atoms with Gasteiger partial charge in [0.1, 0.15) is 22.4 Å². The van der Waals surface area contributed by atoms with E-state index in [9.17, 15) is 23.1 Å². The van der Waals surface area contributed by atoms with Crippen LogP contribution < -0.4 is 15.4 Å². The number of aryl methyl sites for hydroxylation is 2. The van der Waals surface area contributed by atoms with Crippen molar-refractivity contribution < 1.29 is 32.4 Å². The molecule has 0 saturated carbocycles. The van der Waals surface area contributed by atoms with E-state index < -0.39 is 22.2 Å². The highest BCUT2D eigenvalue weighted by atomic mass is 32.2. The van der Waals surface area contributed by atoms with E-state index in [4.69, 9.17) is 9.26 Å². The van der Waals surface area contributed by atoms with Gasteiger partial charge in [0, 0.05) is 36.8 Å². The predicted octanol–water partition coefficient (Wildman–Crippen LogP) is 2.29. The highest BCUT2D eigenvalue weighted by Crippen LogP contribution is 2.30. The van der Waals surface area contributed by atoms with Gasteiger partial charge in [0.15, 0.2) is 5.76 Å². The first-order chi connectivity index (χ1) is 18.2. The number of amides is 3. The first kappa shape index (κ1) is 30.4. The summed E-state index contributed by atoms with van der Waals surface area (Å²) in [5.74, 6) is 0.0973. The molecule has 1 aromatic heterocycles. The molecule has 3 atom stereocenters. The summed E-state index contributed by atoms with van der Waals surface area (Å²) in [7, 11) is -2.48. The second kappa shape index (κ2) is 12.3. The van der Waals surface area contributed by atoms with Gasteiger partial charge in [-0.15, -0.1) is 0 Å². The van der Waals surface area contributed by atoms with Crippen LogP contribution in [-0.4, -0.2) is 84.8 Å². The normalized spacial score (nSPS) is 19.1. The molecule has 12 nitrogen and oxygen atoms in total. The number of anilines is 1. The summed E-state index contributed by atoms with van der Waals surface area (Å²) < 4.78 is 39.5. The van der Waals surface area contributed by atoms with E-state index in [0.717, 1.165) is 0 Å². The summed E-state index contributed by atoms with van der Waals surface area (Å²) in [4.78, 5) is 27.2. The Kier molecular flexibility index (Phi) is 9.62. The zero-order valence-electron chi connectivity index (χ0n) is 23.5. The van der Waals surface area contributed by atoms with Crippen molar-refractivity contribution in [3.05, 3.63) is 35.2 Å². The first-order valence-electron chi connectivity index (χ1n) is 12.9. The number of carbonyl (C=O) groups is 2. The van der Waals surface area contributed by atoms with Gasteiger partial charge in [-0.05, 0) is 52.8 Å². The number of aliphatic hydroxyl groups excluding tert-OH is 1. The maximum absolute atomic E-state index is 13.4. The van der Waals surface area contributed by atoms with Crippen molar-refractivity contribution in [2.24, 2.45) is 5.92 Å². The molecule has 216 valence electrons. The summed E-state index contributed by atoms with van der Waals surface area (Å²) in [6.45, 7) is 10.4. The van der Waals surface area contributed by atoms with Crippen molar-refractivity contribution in [2.45, 2.75) is 71.0 Å². The standard InChI is InChI=1S/C26H39N5O7S/c1-15(2)27-26(34)28-21-8-9-22-20(10-21)11-24(33)31(17(4)14-32)12-16(3)23(37-22)13-30(7)39(35,36)25-18(5)29-38-19(25)6/h8-10,15-17,23,32H,11-14H2,1-7H3,(H2,27,28,34)/t16-,17-,23+/m0/s1. The molecule has 0 spiro atoms. The number of benzene rings is 1. The van der Waals surface area contributed by atoms with Crippen LogP contribution in [0.25, 0.3) is 0 Å². The molecule has 0 unspecified atom stereocenters. The van der Waals surface area contributed by atoms with Crippen LogP contribution in [0.15, 0.2) is 27.6 Å². The number of carbonyl (C=O) groups excluding carboxylic acids is 2. The monoisotopic (exact) mass is 565 g/mol. The van der Waals surface area contributed by atoms with Gasteiger partial charge in [0.25, 0.3) is 0 Å². The minimum atomic E-state index is -3.94. The maximum atomic E-state index is 13.4. The van der Waals surface area contributed by atoms with E-state index in [1.165, 1.54) is 11.4 Å². The number of nitrogens with zero attached hydrogens (tertiary/aromatic N) is 3. The summed E-state index contributed by atoms with van der Waals surface area (Å²) >= 11 is 0. The van der Waals surface area contributed by atoms with Crippen molar-refractivity contribution in [3.8, 4) is 5.75 Å². The van der Waals surface area contributed by atoms with Gasteiger partial charge >= 0.3 is 6.03 Å². The Morgan fingerprint density at radius 2 is 1.97 bits per heavy atom. The molecule has 0 bridgehead atoms. The lowest BCUT2D eigenvalue weighted by Crippen LogP contribution is -2.48. The average molecular weight is 566 g/mol. The third-order valence-electron chi connectivity index (χ3n) is 6.67. The van der Waals surface area contributed by atoms with Crippen LogP contribution in [0.3, 0.4) is 0 Å². The second-order valence-corrected chi connectivity index (χ2v) is 12.4. The van der Waals surface area contributed by atoms with E-state index in [1.54, 1.807) is 43.9 Å². The smallest absolute Gasteiger partial charge is 0.319 e. The molecule has 1 aromatic carbocycles. The average Bonchev–Trinajstić information content (AvgIpc) is 3.21. The SMILES string of the molecule is Cc1noc(C)c1S(=O)(=O)N(C)C[C@H]1Oc2ccc(NC(=O)NC(C)C)cc2CC(=O)N([C@@H](C)CO)C[C@@H]1C. The number of ether oxygens (including phenoxy) is 1. The number of hydrogen-bond acceptors (Lipinski definition) is 8. The van der Waals surface area contributed by atoms with Crippen molar-refractivity contribution in [1.29, 1.82) is 0 Å². The van der Waals surface area contributed by atoms with Crippen LogP contribution in [0.2, 0.25) is 0 Å². The lowest BCUT2D eigenvalue weighted by molar-refractivity contribution is -0.134. The molecule has 39 heavy (non-hydrogen) atoms. The molecule has 2 heterocycles. The van der Waals surface area contributed by atoms with Crippen molar-refractivity contribution in [2.75, 3.05) is 32.1 Å². The Morgan fingerprint density at radius 3 is 2.56 bits per heavy atom. The summed E-state index contributed by atoms with van der Waals surface area (Å²) in [5, 5.41) is 19.1. The maximum Gasteiger partial charge on any atom is 0.319 e. The number of likely N-dealkylation sites (N-methyl/N-ethyl adjacent to an activating group) is 1. The van der Waals surface area contributed by atoms with Gasteiger partial charge in [-0.2, -0.15) is 4.31 Å². The van der Waals surface area contributed by atoms with Crippen LogP contribution >= 0.6 is 0 Å². The Labute approximate surface area is 229 Å². The van der Waals surface area contributed by atoms with Crippen LogP contribution in [-0.2, 0) is 21.2 Å². The largest absolute Gasteiger partial charge is 0.488 e. The zero-order chi connectivity index (χ0) is 29.1. The fourth-order valence-electron chi connectivity index (χ4n) is 4.50. The van der Waals surface area contributed by atoms with Gasteiger partial charge in [0.2, 0.25) is 15.9 Å². The third-order valence-corrected chi connectivity index (χ3v) is 8.74. The molecule has 0 radical (unpaired) electrons. The number of fused-ring (bicyclic) bond motifs is 1. The summed E-state index contributed by atoms with van der Waals surface area (Å²) in [5.41, 5.74) is 1.28.